The summed E-state index contributed by atoms with van der Waals surface area (Å²) < 4.78 is 0. The number of anilines is 1. The van der Waals surface area contributed by atoms with Crippen LogP contribution in [-0.4, -0.2) is 16.8 Å². The first kappa shape index (κ1) is 15.6. The lowest BCUT2D eigenvalue weighted by Gasteiger charge is -2.26. The molecule has 0 aliphatic heterocycles. The first-order valence-corrected chi connectivity index (χ1v) is 8.07. The molecule has 0 saturated heterocycles. The maximum absolute atomic E-state index is 12.7. The summed E-state index contributed by atoms with van der Waals surface area (Å²) in [5.41, 5.74) is 7.61. The first-order valence-electron chi connectivity index (χ1n) is 7.25. The number of nitrogen functional groups attached to an aromatic ring is 1. The molecule has 0 saturated carbocycles. The molecule has 0 fully saturated rings. The molecule has 2 rings (SSSR count). The fraction of sp³-hybridized carbons (Fsp3) is 0.353. The van der Waals surface area contributed by atoms with Crippen LogP contribution in [0.15, 0.2) is 36.4 Å². The molecule has 0 aliphatic rings. The topological polar surface area (TPSA) is 46.3 Å². The Morgan fingerprint density at radius 3 is 2.62 bits per heavy atom. The van der Waals surface area contributed by atoms with E-state index in [0.29, 0.717) is 6.54 Å². The molecule has 0 bridgehead atoms. The standard InChI is InChI=1S/C17H22N2OS/c1-4-15-8-9-16(21-15)17(20)19(12(2)3)11-13-6-5-7-14(18)10-13/h5-10,12H,4,11,18H2,1-3H3. The molecular formula is C17H22N2OS. The van der Waals surface area contributed by atoms with Gasteiger partial charge in [-0.2, -0.15) is 0 Å². The predicted molar refractivity (Wildman–Crippen MR) is 89.6 cm³/mol. The van der Waals surface area contributed by atoms with Crippen molar-refractivity contribution >= 4 is 22.9 Å². The summed E-state index contributed by atoms with van der Waals surface area (Å²) >= 11 is 1.58. The molecule has 0 unspecified atom stereocenters. The minimum Gasteiger partial charge on any atom is -0.399 e. The molecule has 2 N–H and O–H groups in total. The summed E-state index contributed by atoms with van der Waals surface area (Å²) in [6.07, 6.45) is 0.967. The third kappa shape index (κ3) is 3.85. The summed E-state index contributed by atoms with van der Waals surface area (Å²) in [6, 6.07) is 11.8. The number of amides is 1. The number of thiophene rings is 1. The van der Waals surface area contributed by atoms with Gasteiger partial charge in [0.2, 0.25) is 0 Å². The van der Waals surface area contributed by atoms with E-state index in [0.717, 1.165) is 22.5 Å². The molecule has 2 aromatic rings. The van der Waals surface area contributed by atoms with E-state index >= 15 is 0 Å². The Kier molecular flexibility index (Phi) is 5.02. The Labute approximate surface area is 130 Å². The van der Waals surface area contributed by atoms with Crippen molar-refractivity contribution < 1.29 is 4.79 Å². The van der Waals surface area contributed by atoms with Gasteiger partial charge >= 0.3 is 0 Å². The minimum atomic E-state index is 0.0946. The van der Waals surface area contributed by atoms with Crippen LogP contribution in [0.2, 0.25) is 0 Å². The van der Waals surface area contributed by atoms with E-state index in [1.54, 1.807) is 11.3 Å². The summed E-state index contributed by atoms with van der Waals surface area (Å²) in [5.74, 6) is 0.0946. The van der Waals surface area contributed by atoms with E-state index in [2.05, 4.69) is 6.92 Å². The van der Waals surface area contributed by atoms with Gasteiger partial charge in [-0.1, -0.05) is 19.1 Å². The maximum Gasteiger partial charge on any atom is 0.264 e. The smallest absolute Gasteiger partial charge is 0.264 e. The fourth-order valence-electron chi connectivity index (χ4n) is 2.20. The summed E-state index contributed by atoms with van der Waals surface area (Å²) in [4.78, 5) is 16.7. The number of rotatable bonds is 5. The lowest BCUT2D eigenvalue weighted by atomic mass is 10.1. The highest BCUT2D eigenvalue weighted by molar-refractivity contribution is 7.14. The van der Waals surface area contributed by atoms with E-state index in [1.165, 1.54) is 4.88 Å². The molecule has 4 heteroatoms. The van der Waals surface area contributed by atoms with Crippen molar-refractivity contribution in [3.63, 3.8) is 0 Å². The Balaban J connectivity index is 2.20. The van der Waals surface area contributed by atoms with Gasteiger partial charge in [-0.15, -0.1) is 11.3 Å². The zero-order valence-electron chi connectivity index (χ0n) is 12.8. The van der Waals surface area contributed by atoms with Gasteiger partial charge in [-0.3, -0.25) is 4.79 Å². The lowest BCUT2D eigenvalue weighted by molar-refractivity contribution is 0.0695. The van der Waals surface area contributed by atoms with Crippen LogP contribution in [-0.2, 0) is 13.0 Å². The van der Waals surface area contributed by atoms with E-state index in [1.807, 2.05) is 55.1 Å². The van der Waals surface area contributed by atoms with Crippen molar-refractivity contribution in [2.75, 3.05) is 5.73 Å². The first-order chi connectivity index (χ1) is 10.0. The van der Waals surface area contributed by atoms with Crippen LogP contribution < -0.4 is 5.73 Å². The SMILES string of the molecule is CCc1ccc(C(=O)N(Cc2cccc(N)c2)C(C)C)s1. The Morgan fingerprint density at radius 2 is 2.05 bits per heavy atom. The highest BCUT2D eigenvalue weighted by Gasteiger charge is 2.20. The lowest BCUT2D eigenvalue weighted by Crippen LogP contribution is -2.36. The zero-order valence-corrected chi connectivity index (χ0v) is 13.6. The van der Waals surface area contributed by atoms with Crippen LogP contribution in [0.25, 0.3) is 0 Å². The predicted octanol–water partition coefficient (Wildman–Crippen LogP) is 3.94. The number of carbonyl (C=O) groups excluding carboxylic acids is 1. The molecule has 0 atom stereocenters. The number of carbonyl (C=O) groups is 1. The monoisotopic (exact) mass is 302 g/mol. The highest BCUT2D eigenvalue weighted by Crippen LogP contribution is 2.21. The van der Waals surface area contributed by atoms with Gasteiger partial charge < -0.3 is 10.6 Å². The van der Waals surface area contributed by atoms with Crippen LogP contribution in [0.4, 0.5) is 5.69 Å². The van der Waals surface area contributed by atoms with Crippen molar-refractivity contribution in [3.8, 4) is 0 Å². The van der Waals surface area contributed by atoms with Gasteiger partial charge in [-0.05, 0) is 50.1 Å². The maximum atomic E-state index is 12.7. The van der Waals surface area contributed by atoms with E-state index in [4.69, 9.17) is 5.73 Å². The second kappa shape index (κ2) is 6.76. The second-order valence-electron chi connectivity index (χ2n) is 5.39. The van der Waals surface area contributed by atoms with Crippen LogP contribution in [0.3, 0.4) is 0 Å². The summed E-state index contributed by atoms with van der Waals surface area (Å²) in [5, 5.41) is 0. The Hall–Kier alpha value is -1.81. The van der Waals surface area contributed by atoms with Crippen molar-refractivity contribution in [2.45, 2.75) is 39.8 Å². The Morgan fingerprint density at radius 1 is 1.29 bits per heavy atom. The largest absolute Gasteiger partial charge is 0.399 e. The normalized spacial score (nSPS) is 10.9. The second-order valence-corrected chi connectivity index (χ2v) is 6.56. The van der Waals surface area contributed by atoms with Gasteiger partial charge in [0.15, 0.2) is 0 Å². The van der Waals surface area contributed by atoms with Crippen molar-refractivity contribution in [2.24, 2.45) is 0 Å². The van der Waals surface area contributed by atoms with Gasteiger partial charge in [0.25, 0.3) is 5.91 Å². The molecule has 21 heavy (non-hydrogen) atoms. The molecular weight excluding hydrogens is 280 g/mol. The van der Waals surface area contributed by atoms with Crippen LogP contribution in [0.1, 0.15) is 40.9 Å². The summed E-state index contributed by atoms with van der Waals surface area (Å²) in [7, 11) is 0. The number of benzene rings is 1. The number of nitrogens with two attached hydrogens (primary N) is 1. The molecule has 0 aliphatic carbocycles. The molecule has 0 spiro atoms. The Bertz CT molecular complexity index is 619. The third-order valence-electron chi connectivity index (χ3n) is 3.41. The molecule has 1 heterocycles. The van der Waals surface area contributed by atoms with Gasteiger partial charge in [0.05, 0.1) is 4.88 Å². The average Bonchev–Trinajstić information content (AvgIpc) is 2.93. The molecule has 3 nitrogen and oxygen atoms in total. The van der Waals surface area contributed by atoms with Gasteiger partial charge in [0.1, 0.15) is 0 Å². The van der Waals surface area contributed by atoms with Crippen LogP contribution in [0.5, 0.6) is 0 Å². The number of hydrogen-bond donors (Lipinski definition) is 1. The average molecular weight is 302 g/mol. The van der Waals surface area contributed by atoms with E-state index in [-0.39, 0.29) is 11.9 Å². The van der Waals surface area contributed by atoms with Crippen molar-refractivity contribution in [1.82, 2.24) is 4.90 Å². The van der Waals surface area contributed by atoms with Gasteiger partial charge in [0, 0.05) is 23.2 Å². The molecule has 112 valence electrons. The quantitative estimate of drug-likeness (QED) is 0.850. The number of hydrogen-bond acceptors (Lipinski definition) is 3. The number of nitrogens with zero attached hydrogens (tertiary/aromatic N) is 1. The minimum absolute atomic E-state index is 0.0946. The van der Waals surface area contributed by atoms with E-state index in [9.17, 15) is 4.79 Å². The highest BCUT2D eigenvalue weighted by atomic mass is 32.1. The fourth-order valence-corrected chi connectivity index (χ4v) is 3.11. The van der Waals surface area contributed by atoms with Crippen LogP contribution in [0, 0.1) is 0 Å². The van der Waals surface area contributed by atoms with Crippen LogP contribution >= 0.6 is 11.3 Å². The van der Waals surface area contributed by atoms with Gasteiger partial charge in [-0.25, -0.2) is 0 Å². The molecule has 1 aromatic heterocycles. The van der Waals surface area contributed by atoms with Crippen molar-refractivity contribution in [3.05, 3.63) is 51.7 Å². The van der Waals surface area contributed by atoms with E-state index < -0.39 is 0 Å². The zero-order chi connectivity index (χ0) is 15.4. The summed E-state index contributed by atoms with van der Waals surface area (Å²) in [6.45, 7) is 6.77. The molecule has 0 radical (unpaired) electrons. The van der Waals surface area contributed by atoms with Crippen molar-refractivity contribution in [1.29, 1.82) is 0 Å². The number of aryl methyl sites for hydroxylation is 1. The molecule has 1 aromatic carbocycles. The molecule has 1 amide bonds. The third-order valence-corrected chi connectivity index (χ3v) is 4.63.